The van der Waals surface area contributed by atoms with Crippen LogP contribution in [0.2, 0.25) is 10.0 Å². The molecule has 0 bridgehead atoms. The molecule has 3 aromatic rings. The number of aromatic nitrogens is 1. The lowest BCUT2D eigenvalue weighted by atomic mass is 10.2. The second kappa shape index (κ2) is 5.16. The first-order valence-corrected chi connectivity index (χ1v) is 7.46. The molecule has 0 amide bonds. The van der Waals surface area contributed by atoms with Gasteiger partial charge in [0.15, 0.2) is 5.58 Å². The molecule has 5 heteroatoms. The lowest BCUT2D eigenvalue weighted by molar-refractivity contribution is 0.620. The van der Waals surface area contributed by atoms with E-state index in [0.29, 0.717) is 21.5 Å². The first kappa shape index (κ1) is 13.0. The summed E-state index contributed by atoms with van der Waals surface area (Å²) in [4.78, 5) is 4.46. The molecule has 0 unspecified atom stereocenters. The topological polar surface area (TPSA) is 26.0 Å². The van der Waals surface area contributed by atoms with Gasteiger partial charge in [-0.2, -0.15) is 0 Å². The van der Waals surface area contributed by atoms with Crippen molar-refractivity contribution < 1.29 is 4.42 Å². The van der Waals surface area contributed by atoms with Crippen molar-refractivity contribution in [1.29, 1.82) is 0 Å². The highest BCUT2D eigenvalue weighted by Gasteiger charge is 2.12. The van der Waals surface area contributed by atoms with Crippen LogP contribution in [0.1, 0.15) is 5.56 Å². The Hall–Kier alpha value is -1.03. The Bertz CT molecular complexity index is 754. The maximum absolute atomic E-state index is 6.15. The molecule has 0 saturated heterocycles. The SMILES string of the molecule is Clc1ccc(Cl)c(-c2nc3cc(CBr)ccc3o2)c1. The van der Waals surface area contributed by atoms with E-state index in [-0.39, 0.29) is 0 Å². The average Bonchev–Trinajstić information content (AvgIpc) is 2.83. The van der Waals surface area contributed by atoms with Crippen LogP contribution in [-0.2, 0) is 5.33 Å². The van der Waals surface area contributed by atoms with Crippen LogP contribution in [0.25, 0.3) is 22.6 Å². The number of alkyl halides is 1. The highest BCUT2D eigenvalue weighted by Crippen LogP contribution is 2.32. The monoisotopic (exact) mass is 355 g/mol. The minimum absolute atomic E-state index is 0.481. The third-order valence-corrected chi connectivity index (χ3v) is 3.98. The van der Waals surface area contributed by atoms with Gasteiger partial charge in [-0.3, -0.25) is 0 Å². The van der Waals surface area contributed by atoms with Crippen molar-refractivity contribution in [3.05, 3.63) is 52.0 Å². The number of hydrogen-bond acceptors (Lipinski definition) is 2. The Morgan fingerprint density at radius 3 is 2.74 bits per heavy atom. The number of oxazole rings is 1. The summed E-state index contributed by atoms with van der Waals surface area (Å²) < 4.78 is 5.72. The molecule has 96 valence electrons. The van der Waals surface area contributed by atoms with Gasteiger partial charge in [0.2, 0.25) is 5.89 Å². The van der Waals surface area contributed by atoms with Crippen LogP contribution in [0, 0.1) is 0 Å². The number of benzene rings is 2. The molecule has 0 aliphatic heterocycles. The van der Waals surface area contributed by atoms with Crippen molar-refractivity contribution in [3.8, 4) is 11.5 Å². The van der Waals surface area contributed by atoms with Gasteiger partial charge in [0.25, 0.3) is 0 Å². The quantitative estimate of drug-likeness (QED) is 0.550. The molecule has 1 heterocycles. The van der Waals surface area contributed by atoms with Crippen LogP contribution in [0.3, 0.4) is 0 Å². The second-order valence-electron chi connectivity index (χ2n) is 4.08. The Morgan fingerprint density at radius 1 is 1.11 bits per heavy atom. The lowest BCUT2D eigenvalue weighted by Gasteiger charge is -1.99. The van der Waals surface area contributed by atoms with Gasteiger partial charge in [-0.15, -0.1) is 0 Å². The van der Waals surface area contributed by atoms with Gasteiger partial charge < -0.3 is 4.42 Å². The highest BCUT2D eigenvalue weighted by molar-refractivity contribution is 9.08. The zero-order valence-corrected chi connectivity index (χ0v) is 12.8. The van der Waals surface area contributed by atoms with E-state index in [4.69, 9.17) is 27.6 Å². The maximum Gasteiger partial charge on any atom is 0.228 e. The Morgan fingerprint density at radius 2 is 1.95 bits per heavy atom. The number of rotatable bonds is 2. The molecule has 0 saturated carbocycles. The number of fused-ring (bicyclic) bond motifs is 1. The summed E-state index contributed by atoms with van der Waals surface area (Å²) in [7, 11) is 0. The van der Waals surface area contributed by atoms with Crippen LogP contribution in [0.5, 0.6) is 0 Å². The third-order valence-electron chi connectivity index (χ3n) is 2.77. The van der Waals surface area contributed by atoms with Gasteiger partial charge in [-0.1, -0.05) is 45.2 Å². The van der Waals surface area contributed by atoms with Crippen molar-refractivity contribution in [3.63, 3.8) is 0 Å². The summed E-state index contributed by atoms with van der Waals surface area (Å²) in [5.41, 5.74) is 3.38. The van der Waals surface area contributed by atoms with Crippen LogP contribution in [0.4, 0.5) is 0 Å². The van der Waals surface area contributed by atoms with E-state index in [1.165, 1.54) is 0 Å². The molecule has 0 spiro atoms. The first-order valence-electron chi connectivity index (χ1n) is 5.58. The molecule has 2 nitrogen and oxygen atoms in total. The molecule has 1 aromatic heterocycles. The van der Waals surface area contributed by atoms with Crippen LogP contribution < -0.4 is 0 Å². The summed E-state index contributed by atoms with van der Waals surface area (Å²) in [6, 6.07) is 11.1. The van der Waals surface area contributed by atoms with E-state index in [2.05, 4.69) is 20.9 Å². The number of hydrogen-bond donors (Lipinski definition) is 0. The normalized spacial score (nSPS) is 11.1. The van der Waals surface area contributed by atoms with E-state index >= 15 is 0 Å². The van der Waals surface area contributed by atoms with Gasteiger partial charge >= 0.3 is 0 Å². The van der Waals surface area contributed by atoms with E-state index in [1.54, 1.807) is 18.2 Å². The number of nitrogens with zero attached hydrogens (tertiary/aromatic N) is 1. The molecular weight excluding hydrogens is 349 g/mol. The molecule has 0 fully saturated rings. The predicted octanol–water partition coefficient (Wildman–Crippen LogP) is 5.70. The van der Waals surface area contributed by atoms with Crippen LogP contribution >= 0.6 is 39.1 Å². The summed E-state index contributed by atoms with van der Waals surface area (Å²) in [5.74, 6) is 0.481. The Kier molecular flexibility index (Phi) is 3.52. The van der Waals surface area contributed by atoms with Crippen molar-refractivity contribution in [2.24, 2.45) is 0 Å². The minimum atomic E-state index is 0.481. The van der Waals surface area contributed by atoms with Crippen LogP contribution in [0.15, 0.2) is 40.8 Å². The van der Waals surface area contributed by atoms with E-state index in [1.807, 2.05) is 18.2 Å². The fourth-order valence-electron chi connectivity index (χ4n) is 1.83. The van der Waals surface area contributed by atoms with Gasteiger partial charge in [0.1, 0.15) is 5.52 Å². The third kappa shape index (κ3) is 2.50. The molecule has 0 atom stereocenters. The van der Waals surface area contributed by atoms with Gasteiger partial charge in [0, 0.05) is 10.4 Å². The largest absolute Gasteiger partial charge is 0.436 e. The molecule has 0 radical (unpaired) electrons. The summed E-state index contributed by atoms with van der Waals surface area (Å²) in [6.07, 6.45) is 0. The van der Waals surface area contributed by atoms with E-state index in [9.17, 15) is 0 Å². The molecule has 19 heavy (non-hydrogen) atoms. The minimum Gasteiger partial charge on any atom is -0.436 e. The van der Waals surface area contributed by atoms with Crippen molar-refractivity contribution >= 4 is 50.2 Å². The molecule has 3 rings (SSSR count). The molecule has 0 aliphatic carbocycles. The first-order chi connectivity index (χ1) is 9.17. The predicted molar refractivity (Wildman–Crippen MR) is 82.1 cm³/mol. The fraction of sp³-hybridized carbons (Fsp3) is 0.0714. The summed E-state index contributed by atoms with van der Waals surface area (Å²) in [5, 5.41) is 1.95. The average molecular weight is 357 g/mol. The zero-order chi connectivity index (χ0) is 13.4. The molecule has 2 aromatic carbocycles. The van der Waals surface area contributed by atoms with Gasteiger partial charge in [0.05, 0.1) is 10.6 Å². The Labute approximate surface area is 128 Å². The molecule has 0 aliphatic rings. The smallest absolute Gasteiger partial charge is 0.228 e. The van der Waals surface area contributed by atoms with Crippen LogP contribution in [-0.4, -0.2) is 4.98 Å². The van der Waals surface area contributed by atoms with Crippen molar-refractivity contribution in [2.75, 3.05) is 0 Å². The maximum atomic E-state index is 6.15. The zero-order valence-electron chi connectivity index (χ0n) is 9.66. The van der Waals surface area contributed by atoms with Crippen molar-refractivity contribution in [2.45, 2.75) is 5.33 Å². The summed E-state index contributed by atoms with van der Waals surface area (Å²) in [6.45, 7) is 0. The standard InChI is InChI=1S/C14H8BrCl2NO/c15-7-8-1-4-13-12(5-8)18-14(19-13)10-6-9(16)2-3-11(10)17/h1-6H,7H2. The fourth-order valence-corrected chi connectivity index (χ4v) is 2.55. The van der Waals surface area contributed by atoms with Gasteiger partial charge in [-0.05, 0) is 35.9 Å². The lowest BCUT2D eigenvalue weighted by Crippen LogP contribution is -1.80. The second-order valence-corrected chi connectivity index (χ2v) is 5.48. The van der Waals surface area contributed by atoms with E-state index in [0.717, 1.165) is 22.0 Å². The van der Waals surface area contributed by atoms with Gasteiger partial charge in [-0.25, -0.2) is 4.98 Å². The highest BCUT2D eigenvalue weighted by atomic mass is 79.9. The summed E-state index contributed by atoms with van der Waals surface area (Å²) >= 11 is 15.5. The molecule has 0 N–H and O–H groups in total. The molecular formula is C14H8BrCl2NO. The number of halogens is 3. The van der Waals surface area contributed by atoms with E-state index < -0.39 is 0 Å². The van der Waals surface area contributed by atoms with Crippen molar-refractivity contribution in [1.82, 2.24) is 4.98 Å². The Balaban J connectivity index is 2.17.